The van der Waals surface area contributed by atoms with Crippen LogP contribution >= 0.6 is 0 Å². The molecule has 3 N–H and O–H groups in total. The highest BCUT2D eigenvalue weighted by atomic mass is 16.6. The van der Waals surface area contributed by atoms with Crippen LogP contribution in [0.2, 0.25) is 0 Å². The first-order valence-corrected chi connectivity index (χ1v) is 8.74. The molecule has 1 saturated carbocycles. The van der Waals surface area contributed by atoms with Gasteiger partial charge < -0.3 is 25.2 Å². The lowest BCUT2D eigenvalue weighted by molar-refractivity contribution is -0.139. The van der Waals surface area contributed by atoms with Crippen molar-refractivity contribution < 1.29 is 24.2 Å². The standard InChI is InChI=1S/C20H22N2O5/c1-2-26-22-19(21)14-6-3-5-13(9-14)12-25-15-7-4-8-16(10-15)27-18-11-17(18)20(23)24/h3-10,17-18H,2,11-12H2,1H3,(H2,21,22)(H,23,24)/t17?,18-/m1/s1. The average Bonchev–Trinajstić information content (AvgIpc) is 3.44. The Bertz CT molecular complexity index is 837. The summed E-state index contributed by atoms with van der Waals surface area (Å²) in [6.45, 7) is 2.64. The first-order valence-electron chi connectivity index (χ1n) is 8.74. The third kappa shape index (κ3) is 5.13. The molecule has 1 aliphatic carbocycles. The Morgan fingerprint density at radius 1 is 1.22 bits per heavy atom. The Kier molecular flexibility index (Phi) is 5.80. The van der Waals surface area contributed by atoms with Gasteiger partial charge in [-0.15, -0.1) is 0 Å². The van der Waals surface area contributed by atoms with Crippen molar-refractivity contribution in [3.63, 3.8) is 0 Å². The second kappa shape index (κ2) is 8.44. The number of amidine groups is 1. The van der Waals surface area contributed by atoms with E-state index in [9.17, 15) is 4.79 Å². The van der Waals surface area contributed by atoms with Crippen LogP contribution in [0.25, 0.3) is 0 Å². The molecule has 0 aromatic heterocycles. The lowest BCUT2D eigenvalue weighted by Crippen LogP contribution is -2.14. The van der Waals surface area contributed by atoms with Gasteiger partial charge in [-0.2, -0.15) is 0 Å². The van der Waals surface area contributed by atoms with Crippen LogP contribution in [0.3, 0.4) is 0 Å². The summed E-state index contributed by atoms with van der Waals surface area (Å²) in [7, 11) is 0. The number of carbonyl (C=O) groups is 1. The number of carboxylic acids is 1. The maximum Gasteiger partial charge on any atom is 0.310 e. The molecule has 7 nitrogen and oxygen atoms in total. The quantitative estimate of drug-likeness (QED) is 0.400. The molecule has 0 aliphatic heterocycles. The molecule has 7 heteroatoms. The summed E-state index contributed by atoms with van der Waals surface area (Å²) in [5.41, 5.74) is 7.58. The summed E-state index contributed by atoms with van der Waals surface area (Å²) in [6.07, 6.45) is 0.278. The smallest absolute Gasteiger partial charge is 0.310 e. The fourth-order valence-electron chi connectivity index (χ4n) is 2.55. The van der Waals surface area contributed by atoms with E-state index in [4.69, 9.17) is 25.2 Å². The number of aliphatic carboxylic acids is 1. The molecule has 0 spiro atoms. The number of hydrogen-bond acceptors (Lipinski definition) is 5. The predicted molar refractivity (Wildman–Crippen MR) is 99.7 cm³/mol. The Balaban J connectivity index is 1.59. The van der Waals surface area contributed by atoms with E-state index < -0.39 is 11.9 Å². The van der Waals surface area contributed by atoms with E-state index in [0.717, 1.165) is 11.1 Å². The summed E-state index contributed by atoms with van der Waals surface area (Å²) < 4.78 is 11.5. The van der Waals surface area contributed by atoms with Gasteiger partial charge in [-0.05, 0) is 30.7 Å². The molecular formula is C20H22N2O5. The second-order valence-electron chi connectivity index (χ2n) is 6.19. The summed E-state index contributed by atoms with van der Waals surface area (Å²) in [5.74, 6) is 0.316. The van der Waals surface area contributed by atoms with Crippen LogP contribution in [0.1, 0.15) is 24.5 Å². The normalized spacial score (nSPS) is 18.6. The molecule has 2 atom stereocenters. The number of ether oxygens (including phenoxy) is 2. The number of nitrogens with two attached hydrogens (primary N) is 1. The van der Waals surface area contributed by atoms with Crippen LogP contribution in [0.5, 0.6) is 11.5 Å². The zero-order valence-corrected chi connectivity index (χ0v) is 15.0. The third-order valence-corrected chi connectivity index (χ3v) is 4.06. The predicted octanol–water partition coefficient (Wildman–Crippen LogP) is 2.77. The van der Waals surface area contributed by atoms with Gasteiger partial charge in [-0.25, -0.2) is 0 Å². The monoisotopic (exact) mass is 370 g/mol. The van der Waals surface area contributed by atoms with Crippen molar-refractivity contribution in [2.45, 2.75) is 26.1 Å². The molecular weight excluding hydrogens is 348 g/mol. The summed E-state index contributed by atoms with van der Waals surface area (Å²) in [5, 5.41) is 12.8. The number of oxime groups is 1. The molecule has 27 heavy (non-hydrogen) atoms. The maximum absolute atomic E-state index is 10.9. The van der Waals surface area contributed by atoms with Gasteiger partial charge >= 0.3 is 5.97 Å². The zero-order valence-electron chi connectivity index (χ0n) is 15.0. The first-order chi connectivity index (χ1) is 13.1. The highest BCUT2D eigenvalue weighted by molar-refractivity contribution is 5.97. The van der Waals surface area contributed by atoms with Crippen molar-refractivity contribution in [3.8, 4) is 11.5 Å². The molecule has 3 rings (SSSR count). The van der Waals surface area contributed by atoms with Crippen molar-refractivity contribution in [2.24, 2.45) is 16.8 Å². The van der Waals surface area contributed by atoms with Crippen LogP contribution < -0.4 is 15.2 Å². The Labute approximate surface area is 157 Å². The van der Waals surface area contributed by atoms with Crippen LogP contribution in [0, 0.1) is 5.92 Å². The highest BCUT2D eigenvalue weighted by Crippen LogP contribution is 2.35. The maximum atomic E-state index is 10.9. The van der Waals surface area contributed by atoms with E-state index in [1.54, 1.807) is 12.1 Å². The summed E-state index contributed by atoms with van der Waals surface area (Å²) >= 11 is 0. The fraction of sp³-hybridized carbons (Fsp3) is 0.300. The number of rotatable bonds is 9. The van der Waals surface area contributed by atoms with Gasteiger partial charge in [0.15, 0.2) is 5.84 Å². The van der Waals surface area contributed by atoms with Gasteiger partial charge in [0.2, 0.25) is 0 Å². The molecule has 0 radical (unpaired) electrons. The molecule has 0 bridgehead atoms. The van der Waals surface area contributed by atoms with Crippen molar-refractivity contribution >= 4 is 11.8 Å². The molecule has 1 unspecified atom stereocenters. The minimum atomic E-state index is -0.820. The number of hydrogen-bond donors (Lipinski definition) is 2. The van der Waals surface area contributed by atoms with Gasteiger partial charge in [0.05, 0.1) is 5.92 Å². The van der Waals surface area contributed by atoms with Crippen LogP contribution in [0.4, 0.5) is 0 Å². The minimum absolute atomic E-state index is 0.262. The van der Waals surface area contributed by atoms with Gasteiger partial charge in [-0.1, -0.05) is 29.4 Å². The van der Waals surface area contributed by atoms with Crippen molar-refractivity contribution in [2.75, 3.05) is 6.61 Å². The van der Waals surface area contributed by atoms with E-state index >= 15 is 0 Å². The number of carboxylic acid groups (broad SMARTS) is 1. The molecule has 2 aromatic carbocycles. The number of nitrogens with zero attached hydrogens (tertiary/aromatic N) is 1. The van der Waals surface area contributed by atoms with Crippen LogP contribution in [-0.2, 0) is 16.2 Å². The van der Waals surface area contributed by atoms with E-state index in [0.29, 0.717) is 37.0 Å². The van der Waals surface area contributed by atoms with Crippen molar-refractivity contribution in [3.05, 3.63) is 59.7 Å². The minimum Gasteiger partial charge on any atom is -0.489 e. The van der Waals surface area contributed by atoms with Gasteiger partial charge in [0, 0.05) is 18.1 Å². The molecule has 1 fully saturated rings. The largest absolute Gasteiger partial charge is 0.489 e. The van der Waals surface area contributed by atoms with Gasteiger partial charge in [0.1, 0.15) is 30.8 Å². The second-order valence-corrected chi connectivity index (χ2v) is 6.19. The highest BCUT2D eigenvalue weighted by Gasteiger charge is 2.45. The average molecular weight is 370 g/mol. The molecule has 0 saturated heterocycles. The fourth-order valence-corrected chi connectivity index (χ4v) is 2.55. The van der Waals surface area contributed by atoms with E-state index in [1.165, 1.54) is 0 Å². The molecule has 0 heterocycles. The Morgan fingerprint density at radius 2 is 2.00 bits per heavy atom. The molecule has 2 aromatic rings. The Morgan fingerprint density at radius 3 is 2.74 bits per heavy atom. The molecule has 1 aliphatic rings. The lowest BCUT2D eigenvalue weighted by atomic mass is 10.1. The topological polar surface area (TPSA) is 103 Å². The van der Waals surface area contributed by atoms with Gasteiger partial charge in [-0.3, -0.25) is 4.79 Å². The van der Waals surface area contributed by atoms with Crippen LogP contribution in [-0.4, -0.2) is 29.6 Å². The lowest BCUT2D eigenvalue weighted by Gasteiger charge is -2.10. The van der Waals surface area contributed by atoms with Crippen molar-refractivity contribution in [1.29, 1.82) is 0 Å². The number of benzene rings is 2. The Hall–Kier alpha value is -3.22. The SMILES string of the molecule is CCO/N=C(\N)c1cccc(COc2cccc(O[C@@H]3CC3C(=O)O)c2)c1. The van der Waals surface area contributed by atoms with E-state index in [-0.39, 0.29) is 6.10 Å². The molecule has 142 valence electrons. The van der Waals surface area contributed by atoms with E-state index in [2.05, 4.69) is 5.16 Å². The first kappa shape index (κ1) is 18.6. The van der Waals surface area contributed by atoms with E-state index in [1.807, 2.05) is 43.3 Å². The van der Waals surface area contributed by atoms with Crippen molar-refractivity contribution in [1.82, 2.24) is 0 Å². The van der Waals surface area contributed by atoms with Gasteiger partial charge in [0.25, 0.3) is 0 Å². The summed E-state index contributed by atoms with van der Waals surface area (Å²) in [6, 6.07) is 14.7. The van der Waals surface area contributed by atoms with Crippen LogP contribution in [0.15, 0.2) is 53.7 Å². The zero-order chi connectivity index (χ0) is 19.2. The third-order valence-electron chi connectivity index (χ3n) is 4.06. The molecule has 0 amide bonds. The summed E-state index contributed by atoms with van der Waals surface area (Å²) in [4.78, 5) is 15.9.